The Morgan fingerprint density at radius 2 is 1.76 bits per heavy atom. The normalized spacial score (nSPS) is 14.2. The molecule has 0 unspecified atom stereocenters. The lowest BCUT2D eigenvalue weighted by molar-refractivity contribution is 0.102. The molecule has 3 nitrogen and oxygen atoms in total. The maximum Gasteiger partial charge on any atom is 0.255 e. The molecule has 1 fully saturated rings. The molecular formula is C17H17FN2O. The molecule has 0 aromatic heterocycles. The minimum Gasteiger partial charge on any atom is -0.371 e. The smallest absolute Gasteiger partial charge is 0.255 e. The molecule has 1 N–H and O–H groups in total. The van der Waals surface area contributed by atoms with E-state index in [0.29, 0.717) is 5.56 Å². The van der Waals surface area contributed by atoms with Gasteiger partial charge in [0, 0.05) is 24.3 Å². The predicted molar refractivity (Wildman–Crippen MR) is 82.2 cm³/mol. The standard InChI is InChI=1S/C17H17FN2O/c18-15-9-8-14(20-10-4-5-11-20)12-16(15)19-17(21)13-6-2-1-3-7-13/h1-3,6-9,12H,4-5,10-11H2,(H,19,21). The highest BCUT2D eigenvalue weighted by Gasteiger charge is 2.15. The van der Waals surface area contributed by atoms with Crippen molar-refractivity contribution in [2.45, 2.75) is 12.8 Å². The first-order chi connectivity index (χ1) is 10.2. The van der Waals surface area contributed by atoms with Gasteiger partial charge in [-0.2, -0.15) is 0 Å². The fraction of sp³-hybridized carbons (Fsp3) is 0.235. The van der Waals surface area contributed by atoms with Crippen LogP contribution in [0.3, 0.4) is 0 Å². The van der Waals surface area contributed by atoms with E-state index in [1.54, 1.807) is 36.4 Å². The molecule has 0 saturated carbocycles. The van der Waals surface area contributed by atoms with Crippen molar-refractivity contribution in [3.8, 4) is 0 Å². The average Bonchev–Trinajstić information content (AvgIpc) is 3.04. The first-order valence-electron chi connectivity index (χ1n) is 7.15. The largest absolute Gasteiger partial charge is 0.371 e. The summed E-state index contributed by atoms with van der Waals surface area (Å²) in [6, 6.07) is 13.7. The van der Waals surface area contributed by atoms with Crippen LogP contribution in [0.15, 0.2) is 48.5 Å². The van der Waals surface area contributed by atoms with Gasteiger partial charge in [0.15, 0.2) is 0 Å². The lowest BCUT2D eigenvalue weighted by Gasteiger charge is -2.19. The molecule has 0 bridgehead atoms. The monoisotopic (exact) mass is 284 g/mol. The van der Waals surface area contributed by atoms with Gasteiger partial charge in [0.05, 0.1) is 5.69 Å². The summed E-state index contributed by atoms with van der Waals surface area (Å²) in [6.45, 7) is 1.97. The van der Waals surface area contributed by atoms with E-state index in [1.807, 2.05) is 6.07 Å². The van der Waals surface area contributed by atoms with E-state index in [2.05, 4.69) is 10.2 Å². The molecule has 1 saturated heterocycles. The van der Waals surface area contributed by atoms with E-state index in [0.717, 1.165) is 31.6 Å². The van der Waals surface area contributed by atoms with Crippen molar-refractivity contribution >= 4 is 17.3 Å². The van der Waals surface area contributed by atoms with E-state index in [9.17, 15) is 9.18 Å². The number of nitrogens with one attached hydrogen (secondary N) is 1. The number of carbonyl (C=O) groups is 1. The molecule has 1 heterocycles. The zero-order valence-electron chi connectivity index (χ0n) is 11.7. The van der Waals surface area contributed by atoms with E-state index in [-0.39, 0.29) is 11.6 Å². The third-order valence-corrected chi connectivity index (χ3v) is 3.71. The summed E-state index contributed by atoms with van der Waals surface area (Å²) in [5, 5.41) is 2.65. The number of carbonyl (C=O) groups excluding carboxylic acids is 1. The van der Waals surface area contributed by atoms with Crippen molar-refractivity contribution in [1.29, 1.82) is 0 Å². The van der Waals surface area contributed by atoms with Crippen LogP contribution in [-0.4, -0.2) is 19.0 Å². The molecule has 1 aliphatic rings. The van der Waals surface area contributed by atoms with Gasteiger partial charge in [-0.15, -0.1) is 0 Å². The zero-order chi connectivity index (χ0) is 14.7. The second-order valence-corrected chi connectivity index (χ2v) is 5.18. The van der Waals surface area contributed by atoms with E-state index < -0.39 is 5.82 Å². The Labute approximate surface area is 123 Å². The highest BCUT2D eigenvalue weighted by atomic mass is 19.1. The van der Waals surface area contributed by atoms with Crippen molar-refractivity contribution in [3.05, 3.63) is 59.9 Å². The summed E-state index contributed by atoms with van der Waals surface area (Å²) < 4.78 is 13.9. The summed E-state index contributed by atoms with van der Waals surface area (Å²) in [7, 11) is 0. The fourth-order valence-corrected chi connectivity index (χ4v) is 2.57. The minimum atomic E-state index is -0.415. The van der Waals surface area contributed by atoms with Crippen molar-refractivity contribution in [2.24, 2.45) is 0 Å². The third kappa shape index (κ3) is 3.05. The van der Waals surface area contributed by atoms with Gasteiger partial charge in [-0.05, 0) is 43.2 Å². The molecule has 108 valence electrons. The number of halogens is 1. The van der Waals surface area contributed by atoms with Gasteiger partial charge in [-0.25, -0.2) is 4.39 Å². The van der Waals surface area contributed by atoms with E-state index in [1.165, 1.54) is 6.07 Å². The van der Waals surface area contributed by atoms with Gasteiger partial charge < -0.3 is 10.2 Å². The van der Waals surface area contributed by atoms with Gasteiger partial charge in [0.1, 0.15) is 5.82 Å². The number of rotatable bonds is 3. The maximum atomic E-state index is 13.9. The third-order valence-electron chi connectivity index (χ3n) is 3.71. The van der Waals surface area contributed by atoms with Gasteiger partial charge in [-0.1, -0.05) is 18.2 Å². The summed E-state index contributed by atoms with van der Waals surface area (Å²) in [4.78, 5) is 14.3. The Morgan fingerprint density at radius 1 is 1.05 bits per heavy atom. The summed E-state index contributed by atoms with van der Waals surface area (Å²) >= 11 is 0. The Bertz CT molecular complexity index is 636. The predicted octanol–water partition coefficient (Wildman–Crippen LogP) is 3.68. The van der Waals surface area contributed by atoms with Crippen molar-refractivity contribution in [2.75, 3.05) is 23.3 Å². The number of amides is 1. The molecule has 21 heavy (non-hydrogen) atoms. The first-order valence-corrected chi connectivity index (χ1v) is 7.15. The van der Waals surface area contributed by atoms with Gasteiger partial charge >= 0.3 is 0 Å². The number of hydrogen-bond donors (Lipinski definition) is 1. The van der Waals surface area contributed by atoms with Crippen LogP contribution in [-0.2, 0) is 0 Å². The second-order valence-electron chi connectivity index (χ2n) is 5.18. The Morgan fingerprint density at radius 3 is 2.48 bits per heavy atom. The van der Waals surface area contributed by atoms with Crippen LogP contribution in [0.5, 0.6) is 0 Å². The molecule has 2 aromatic rings. The van der Waals surface area contributed by atoms with Crippen LogP contribution in [0.4, 0.5) is 15.8 Å². The second kappa shape index (κ2) is 5.95. The van der Waals surface area contributed by atoms with Gasteiger partial charge in [-0.3, -0.25) is 4.79 Å². The Balaban J connectivity index is 1.81. The molecule has 0 radical (unpaired) electrons. The van der Waals surface area contributed by atoms with Crippen LogP contribution in [0.2, 0.25) is 0 Å². The number of hydrogen-bond acceptors (Lipinski definition) is 2. The number of benzene rings is 2. The van der Waals surface area contributed by atoms with Crippen molar-refractivity contribution in [3.63, 3.8) is 0 Å². The number of anilines is 2. The summed E-state index contributed by atoms with van der Waals surface area (Å²) in [6.07, 6.45) is 2.31. The molecular weight excluding hydrogens is 267 g/mol. The quantitative estimate of drug-likeness (QED) is 0.932. The molecule has 3 rings (SSSR count). The van der Waals surface area contributed by atoms with Gasteiger partial charge in [0.25, 0.3) is 5.91 Å². The molecule has 4 heteroatoms. The topological polar surface area (TPSA) is 32.3 Å². The average molecular weight is 284 g/mol. The van der Waals surface area contributed by atoms with Crippen LogP contribution in [0.1, 0.15) is 23.2 Å². The van der Waals surface area contributed by atoms with Crippen molar-refractivity contribution in [1.82, 2.24) is 0 Å². The lowest BCUT2D eigenvalue weighted by Crippen LogP contribution is -2.18. The fourth-order valence-electron chi connectivity index (χ4n) is 2.57. The van der Waals surface area contributed by atoms with Crippen LogP contribution >= 0.6 is 0 Å². The van der Waals surface area contributed by atoms with E-state index >= 15 is 0 Å². The Hall–Kier alpha value is -2.36. The van der Waals surface area contributed by atoms with Crippen LogP contribution < -0.4 is 10.2 Å². The van der Waals surface area contributed by atoms with Gasteiger partial charge in [0.2, 0.25) is 0 Å². The molecule has 1 aliphatic heterocycles. The molecule has 0 atom stereocenters. The molecule has 0 aliphatic carbocycles. The Kier molecular flexibility index (Phi) is 3.86. The van der Waals surface area contributed by atoms with E-state index in [4.69, 9.17) is 0 Å². The van der Waals surface area contributed by atoms with Crippen molar-refractivity contribution < 1.29 is 9.18 Å². The highest BCUT2D eigenvalue weighted by molar-refractivity contribution is 6.04. The zero-order valence-corrected chi connectivity index (χ0v) is 11.7. The first kappa shape index (κ1) is 13.6. The number of nitrogens with zero attached hydrogens (tertiary/aromatic N) is 1. The van der Waals surface area contributed by atoms with Crippen LogP contribution in [0, 0.1) is 5.82 Å². The van der Waals surface area contributed by atoms with Crippen LogP contribution in [0.25, 0.3) is 0 Å². The summed E-state index contributed by atoms with van der Waals surface area (Å²) in [5.74, 6) is -0.713. The minimum absolute atomic E-state index is 0.230. The molecule has 0 spiro atoms. The lowest BCUT2D eigenvalue weighted by atomic mass is 10.2. The molecule has 1 amide bonds. The maximum absolute atomic E-state index is 13.9. The molecule has 2 aromatic carbocycles. The summed E-state index contributed by atoms with van der Waals surface area (Å²) in [5.41, 5.74) is 1.70. The highest BCUT2D eigenvalue weighted by Crippen LogP contribution is 2.26. The SMILES string of the molecule is O=C(Nc1cc(N2CCCC2)ccc1F)c1ccccc1.